The zero-order valence-electron chi connectivity index (χ0n) is 14.3. The second-order valence-corrected chi connectivity index (χ2v) is 6.54. The van der Waals surface area contributed by atoms with Crippen molar-refractivity contribution in [3.8, 4) is 0 Å². The number of H-pyrrole nitrogens is 1. The van der Waals surface area contributed by atoms with Crippen LogP contribution < -0.4 is 0 Å². The third kappa shape index (κ3) is 3.01. The molecular weight excluding hydrogens is 306 g/mol. The molecule has 0 radical (unpaired) electrons. The molecule has 24 heavy (non-hydrogen) atoms. The van der Waals surface area contributed by atoms with Gasteiger partial charge in [0.15, 0.2) is 0 Å². The van der Waals surface area contributed by atoms with Gasteiger partial charge in [-0.1, -0.05) is 11.6 Å². The maximum Gasteiger partial charge on any atom is 0.270 e. The van der Waals surface area contributed by atoms with E-state index >= 15 is 0 Å². The van der Waals surface area contributed by atoms with Crippen molar-refractivity contribution in [3.05, 3.63) is 35.0 Å². The first-order valence-electron chi connectivity index (χ1n) is 8.18. The van der Waals surface area contributed by atoms with Gasteiger partial charge in [-0.3, -0.25) is 9.59 Å². The number of carbonyl (C=O) groups excluding carboxylic acids is 2. The summed E-state index contributed by atoms with van der Waals surface area (Å²) in [5, 5.41) is 11.2. The lowest BCUT2D eigenvalue weighted by atomic mass is 10.1. The number of amides is 2. The second-order valence-electron chi connectivity index (χ2n) is 6.54. The van der Waals surface area contributed by atoms with Gasteiger partial charge in [-0.05, 0) is 31.5 Å². The van der Waals surface area contributed by atoms with E-state index in [1.807, 2.05) is 26.0 Å². The third-order valence-electron chi connectivity index (χ3n) is 4.66. The minimum absolute atomic E-state index is 0.0828. The summed E-state index contributed by atoms with van der Waals surface area (Å²) in [6, 6.07) is 6.04. The van der Waals surface area contributed by atoms with E-state index in [0.717, 1.165) is 22.0 Å². The fraction of sp³-hybridized carbons (Fsp3) is 0.444. The summed E-state index contributed by atoms with van der Waals surface area (Å²) in [6.07, 6.45) is -0.729. The summed E-state index contributed by atoms with van der Waals surface area (Å²) < 4.78 is 0. The fourth-order valence-electron chi connectivity index (χ4n) is 3.27. The van der Waals surface area contributed by atoms with E-state index in [9.17, 15) is 14.7 Å². The van der Waals surface area contributed by atoms with Crippen LogP contribution in [0.25, 0.3) is 10.9 Å². The van der Waals surface area contributed by atoms with Gasteiger partial charge in [-0.15, -0.1) is 0 Å². The Morgan fingerprint density at radius 3 is 2.54 bits per heavy atom. The molecule has 2 aromatic rings. The SMILES string of the molecule is CC(=O)N1CCN(C(=O)c2[nH]c3ccc(C)cc3c2C)C[C@H](O)C1. The summed E-state index contributed by atoms with van der Waals surface area (Å²) in [6.45, 7) is 6.80. The number of β-amino-alcohol motifs (C(OH)–C–C–N with tert-alkyl or cyclic N) is 1. The average molecular weight is 329 g/mol. The van der Waals surface area contributed by atoms with E-state index in [4.69, 9.17) is 0 Å². The zero-order chi connectivity index (χ0) is 17.4. The minimum Gasteiger partial charge on any atom is -0.389 e. The molecule has 6 nitrogen and oxygen atoms in total. The first kappa shape index (κ1) is 16.5. The van der Waals surface area contributed by atoms with Crippen LogP contribution in [0.3, 0.4) is 0 Å². The Hall–Kier alpha value is -2.34. The van der Waals surface area contributed by atoms with Crippen molar-refractivity contribution in [1.82, 2.24) is 14.8 Å². The van der Waals surface area contributed by atoms with Crippen molar-refractivity contribution in [3.63, 3.8) is 0 Å². The molecule has 0 unspecified atom stereocenters. The zero-order valence-corrected chi connectivity index (χ0v) is 14.3. The molecule has 2 amide bonds. The van der Waals surface area contributed by atoms with Crippen molar-refractivity contribution in [2.75, 3.05) is 26.2 Å². The molecule has 1 aromatic heterocycles. The Bertz CT molecular complexity index is 796. The van der Waals surface area contributed by atoms with Crippen LogP contribution in [0.2, 0.25) is 0 Å². The number of rotatable bonds is 1. The van der Waals surface area contributed by atoms with Gasteiger partial charge < -0.3 is 19.9 Å². The number of hydrogen-bond acceptors (Lipinski definition) is 3. The highest BCUT2D eigenvalue weighted by molar-refractivity contribution is 6.01. The number of nitrogens with zero attached hydrogens (tertiary/aromatic N) is 2. The van der Waals surface area contributed by atoms with E-state index < -0.39 is 6.10 Å². The second kappa shape index (κ2) is 6.28. The lowest BCUT2D eigenvalue weighted by Crippen LogP contribution is -2.38. The third-order valence-corrected chi connectivity index (χ3v) is 4.66. The molecular formula is C18H23N3O3. The maximum atomic E-state index is 12.9. The van der Waals surface area contributed by atoms with Gasteiger partial charge in [0.05, 0.1) is 6.10 Å². The lowest BCUT2D eigenvalue weighted by molar-refractivity contribution is -0.129. The van der Waals surface area contributed by atoms with E-state index in [1.54, 1.807) is 9.80 Å². The summed E-state index contributed by atoms with van der Waals surface area (Å²) in [4.78, 5) is 30.9. The van der Waals surface area contributed by atoms with Crippen LogP contribution in [0.1, 0.15) is 28.5 Å². The van der Waals surface area contributed by atoms with E-state index in [2.05, 4.69) is 11.1 Å². The number of aryl methyl sites for hydroxylation is 2. The monoisotopic (exact) mass is 329 g/mol. The maximum absolute atomic E-state index is 12.9. The van der Waals surface area contributed by atoms with E-state index in [0.29, 0.717) is 18.8 Å². The highest BCUT2D eigenvalue weighted by atomic mass is 16.3. The first-order valence-corrected chi connectivity index (χ1v) is 8.18. The molecule has 0 aliphatic carbocycles. The van der Waals surface area contributed by atoms with Crippen molar-refractivity contribution >= 4 is 22.7 Å². The molecule has 3 rings (SSSR count). The number of aliphatic hydroxyl groups excluding tert-OH is 1. The van der Waals surface area contributed by atoms with Crippen LogP contribution in [-0.2, 0) is 4.79 Å². The van der Waals surface area contributed by atoms with Crippen LogP contribution in [0, 0.1) is 13.8 Å². The van der Waals surface area contributed by atoms with E-state index in [1.165, 1.54) is 6.92 Å². The number of benzene rings is 1. The van der Waals surface area contributed by atoms with Crippen molar-refractivity contribution in [1.29, 1.82) is 0 Å². The normalized spacial score (nSPS) is 18.8. The van der Waals surface area contributed by atoms with Crippen molar-refractivity contribution in [2.24, 2.45) is 0 Å². The van der Waals surface area contributed by atoms with Crippen LogP contribution in [-0.4, -0.2) is 64.0 Å². The van der Waals surface area contributed by atoms with Crippen LogP contribution in [0.4, 0.5) is 0 Å². The predicted octanol–water partition coefficient (Wildman–Crippen LogP) is 1.45. The molecule has 1 saturated heterocycles. The Morgan fingerprint density at radius 2 is 1.83 bits per heavy atom. The van der Waals surface area contributed by atoms with Crippen molar-refractivity contribution < 1.29 is 14.7 Å². The first-order chi connectivity index (χ1) is 11.4. The topological polar surface area (TPSA) is 76.6 Å². The molecule has 1 aliphatic rings. The minimum atomic E-state index is -0.729. The standard InChI is InChI=1S/C18H23N3O3/c1-11-4-5-16-15(8-11)12(2)17(19-16)18(24)21-7-6-20(13(3)22)9-14(23)10-21/h4-5,8,14,19,23H,6-7,9-10H2,1-3H3/t14-/m1/s1. The largest absolute Gasteiger partial charge is 0.389 e. The van der Waals surface area contributed by atoms with Crippen LogP contribution >= 0.6 is 0 Å². The molecule has 1 atom stereocenters. The molecule has 0 bridgehead atoms. The summed E-state index contributed by atoms with van der Waals surface area (Å²) in [5.74, 6) is -0.216. The predicted molar refractivity (Wildman–Crippen MR) is 91.9 cm³/mol. The number of aromatic nitrogens is 1. The number of nitrogens with one attached hydrogen (secondary N) is 1. The Morgan fingerprint density at radius 1 is 1.17 bits per heavy atom. The lowest BCUT2D eigenvalue weighted by Gasteiger charge is -2.21. The van der Waals surface area contributed by atoms with Gasteiger partial charge in [-0.25, -0.2) is 0 Å². The van der Waals surface area contributed by atoms with Gasteiger partial charge in [0.25, 0.3) is 5.91 Å². The van der Waals surface area contributed by atoms with Crippen LogP contribution in [0.15, 0.2) is 18.2 Å². The number of aliphatic hydroxyl groups is 1. The van der Waals surface area contributed by atoms with Gasteiger partial charge in [0.2, 0.25) is 5.91 Å². The Labute approximate surface area is 141 Å². The molecule has 6 heteroatoms. The number of fused-ring (bicyclic) bond motifs is 1. The van der Waals surface area contributed by atoms with Gasteiger partial charge in [0.1, 0.15) is 5.69 Å². The quantitative estimate of drug-likeness (QED) is 0.831. The summed E-state index contributed by atoms with van der Waals surface area (Å²) >= 11 is 0. The van der Waals surface area contributed by atoms with Crippen molar-refractivity contribution in [2.45, 2.75) is 26.9 Å². The highest BCUT2D eigenvalue weighted by Gasteiger charge is 2.28. The van der Waals surface area contributed by atoms with E-state index in [-0.39, 0.29) is 24.9 Å². The summed E-state index contributed by atoms with van der Waals surface area (Å²) in [5.41, 5.74) is 3.55. The molecule has 0 spiro atoms. The van der Waals surface area contributed by atoms with Gasteiger partial charge in [0, 0.05) is 44.0 Å². The van der Waals surface area contributed by atoms with Gasteiger partial charge >= 0.3 is 0 Å². The fourth-order valence-corrected chi connectivity index (χ4v) is 3.27. The Balaban J connectivity index is 1.88. The van der Waals surface area contributed by atoms with Gasteiger partial charge in [-0.2, -0.15) is 0 Å². The highest BCUT2D eigenvalue weighted by Crippen LogP contribution is 2.24. The smallest absolute Gasteiger partial charge is 0.270 e. The number of hydrogen-bond donors (Lipinski definition) is 2. The molecule has 1 aromatic carbocycles. The number of carbonyl (C=O) groups is 2. The molecule has 2 heterocycles. The average Bonchev–Trinajstić information content (AvgIpc) is 2.72. The van der Waals surface area contributed by atoms with Crippen LogP contribution in [0.5, 0.6) is 0 Å². The molecule has 2 N–H and O–H groups in total. The molecule has 128 valence electrons. The summed E-state index contributed by atoms with van der Waals surface area (Å²) in [7, 11) is 0. The number of aromatic amines is 1. The molecule has 1 fully saturated rings. The molecule has 1 aliphatic heterocycles. The Kier molecular flexibility index (Phi) is 4.32. The molecule has 0 saturated carbocycles.